The molecule has 1 aromatic carbocycles. The van der Waals surface area contributed by atoms with Crippen molar-refractivity contribution in [2.45, 2.75) is 46.2 Å². The molecule has 0 radical (unpaired) electrons. The molecule has 2 aliphatic rings. The van der Waals surface area contributed by atoms with Crippen molar-refractivity contribution in [1.82, 2.24) is 19.4 Å². The van der Waals surface area contributed by atoms with Crippen molar-refractivity contribution in [2.75, 3.05) is 32.8 Å². The van der Waals surface area contributed by atoms with E-state index in [1.165, 1.54) is 19.3 Å². The molecule has 176 valence electrons. The Morgan fingerprint density at radius 1 is 1.09 bits per heavy atom. The number of nitrogens with zero attached hydrogens (tertiary/aromatic N) is 5. The van der Waals surface area contributed by atoms with Crippen molar-refractivity contribution in [3.8, 4) is 6.07 Å². The Labute approximate surface area is 197 Å². The quantitative estimate of drug-likeness (QED) is 0.663. The van der Waals surface area contributed by atoms with E-state index >= 15 is 0 Å². The van der Waals surface area contributed by atoms with Gasteiger partial charge in [0.25, 0.3) is 0 Å². The average molecular weight is 450 g/mol. The summed E-state index contributed by atoms with van der Waals surface area (Å²) < 4.78 is 7.89. The highest BCUT2D eigenvalue weighted by Gasteiger charge is 2.30. The van der Waals surface area contributed by atoms with Crippen LogP contribution in [0.3, 0.4) is 0 Å². The van der Waals surface area contributed by atoms with Crippen molar-refractivity contribution in [3.05, 3.63) is 53.6 Å². The fourth-order valence-corrected chi connectivity index (χ4v) is 5.16. The highest BCUT2D eigenvalue weighted by atomic mass is 16.6. The van der Waals surface area contributed by atoms with Gasteiger partial charge in [-0.25, -0.2) is 9.78 Å². The Morgan fingerprint density at radius 3 is 2.45 bits per heavy atom. The summed E-state index contributed by atoms with van der Waals surface area (Å²) in [4.78, 5) is 21.2. The lowest BCUT2D eigenvalue weighted by Crippen LogP contribution is -2.49. The third kappa shape index (κ3) is 5.94. The largest absolute Gasteiger partial charge is 0.449 e. The number of benzene rings is 1. The number of ether oxygens (including phenoxy) is 1. The van der Waals surface area contributed by atoms with Gasteiger partial charge in [0, 0.05) is 45.5 Å². The topological polar surface area (TPSA) is 74.4 Å². The van der Waals surface area contributed by atoms with E-state index in [1.807, 2.05) is 41.7 Å². The van der Waals surface area contributed by atoms with Gasteiger partial charge in [0.2, 0.25) is 0 Å². The molecule has 7 heteroatoms. The summed E-state index contributed by atoms with van der Waals surface area (Å²) in [5.41, 5.74) is 2.96. The number of imidazole rings is 1. The van der Waals surface area contributed by atoms with Gasteiger partial charge in [-0.15, -0.1) is 0 Å². The molecule has 1 amide bonds. The molecule has 1 aromatic heterocycles. The third-order valence-electron chi connectivity index (χ3n) is 7.43. The number of hydrogen-bond donors (Lipinski definition) is 0. The molecule has 1 aliphatic carbocycles. The lowest BCUT2D eigenvalue weighted by atomic mass is 9.74. The maximum atomic E-state index is 12.6. The average Bonchev–Trinajstić information content (AvgIpc) is 3.26. The Hall–Kier alpha value is -2.85. The number of nitriles is 1. The number of aromatic nitrogens is 2. The second-order valence-electron chi connectivity index (χ2n) is 9.71. The molecule has 0 spiro atoms. The minimum Gasteiger partial charge on any atom is -0.449 e. The van der Waals surface area contributed by atoms with Crippen molar-refractivity contribution >= 4 is 6.09 Å². The number of piperazine rings is 1. The van der Waals surface area contributed by atoms with Gasteiger partial charge in [-0.2, -0.15) is 5.26 Å². The van der Waals surface area contributed by atoms with Gasteiger partial charge in [0.1, 0.15) is 0 Å². The number of rotatable bonds is 6. The van der Waals surface area contributed by atoms with Crippen LogP contribution in [-0.2, 0) is 17.8 Å². The summed E-state index contributed by atoms with van der Waals surface area (Å²) in [6.07, 6.45) is 7.39. The van der Waals surface area contributed by atoms with Crippen LogP contribution >= 0.6 is 0 Å². The number of carbonyl (C=O) groups is 1. The van der Waals surface area contributed by atoms with Crippen LogP contribution in [0.5, 0.6) is 0 Å². The fourth-order valence-electron chi connectivity index (χ4n) is 5.16. The van der Waals surface area contributed by atoms with E-state index in [9.17, 15) is 4.79 Å². The summed E-state index contributed by atoms with van der Waals surface area (Å²) in [6.45, 7) is 9.70. The second kappa shape index (κ2) is 10.8. The molecule has 2 unspecified atom stereocenters. The van der Waals surface area contributed by atoms with Gasteiger partial charge >= 0.3 is 6.09 Å². The minimum absolute atomic E-state index is 0.162. The highest BCUT2D eigenvalue weighted by molar-refractivity contribution is 5.67. The van der Waals surface area contributed by atoms with E-state index in [1.54, 1.807) is 0 Å². The lowest BCUT2D eigenvalue weighted by molar-refractivity contribution is 0.0370. The van der Waals surface area contributed by atoms with Crippen molar-refractivity contribution in [1.29, 1.82) is 5.26 Å². The van der Waals surface area contributed by atoms with E-state index in [2.05, 4.69) is 34.4 Å². The first-order valence-electron chi connectivity index (χ1n) is 12.2. The fraction of sp³-hybridized carbons (Fsp3) is 0.577. The maximum absolute atomic E-state index is 12.6. The summed E-state index contributed by atoms with van der Waals surface area (Å²) >= 11 is 0. The summed E-state index contributed by atoms with van der Waals surface area (Å²) in [5, 5.41) is 8.97. The predicted molar refractivity (Wildman–Crippen MR) is 126 cm³/mol. The maximum Gasteiger partial charge on any atom is 0.409 e. The highest BCUT2D eigenvalue weighted by Crippen LogP contribution is 2.34. The number of hydrogen-bond acceptors (Lipinski definition) is 5. The van der Waals surface area contributed by atoms with Crippen LogP contribution in [0.25, 0.3) is 0 Å². The van der Waals surface area contributed by atoms with E-state index in [4.69, 9.17) is 10.00 Å². The molecular weight excluding hydrogens is 414 g/mol. The Morgan fingerprint density at radius 2 is 1.79 bits per heavy atom. The Balaban J connectivity index is 1.24. The van der Waals surface area contributed by atoms with Crippen molar-refractivity contribution < 1.29 is 9.53 Å². The van der Waals surface area contributed by atoms with Crippen molar-refractivity contribution in [2.24, 2.45) is 17.8 Å². The van der Waals surface area contributed by atoms with Gasteiger partial charge in [-0.3, -0.25) is 4.90 Å². The monoisotopic (exact) mass is 449 g/mol. The van der Waals surface area contributed by atoms with Crippen LogP contribution in [-0.4, -0.2) is 58.2 Å². The second-order valence-corrected chi connectivity index (χ2v) is 9.71. The SMILES string of the molecule is CC1CCCC(C)C1COC(=O)N1CCN(Cc2cncn2Cc2ccc(C#N)cc2)CC1. The molecule has 1 saturated heterocycles. The molecule has 2 atom stereocenters. The molecule has 1 aliphatic heterocycles. The zero-order valence-electron chi connectivity index (χ0n) is 19.8. The van der Waals surface area contributed by atoms with Gasteiger partial charge in [-0.05, 0) is 35.4 Å². The van der Waals surface area contributed by atoms with E-state index in [0.29, 0.717) is 43.0 Å². The first-order chi connectivity index (χ1) is 16.0. The molecular formula is C26H35N5O2. The molecule has 0 bridgehead atoms. The third-order valence-corrected chi connectivity index (χ3v) is 7.43. The number of amides is 1. The smallest absolute Gasteiger partial charge is 0.409 e. The first-order valence-corrected chi connectivity index (χ1v) is 12.2. The molecule has 7 nitrogen and oxygen atoms in total. The van der Waals surface area contributed by atoms with Gasteiger partial charge in [-0.1, -0.05) is 45.2 Å². The summed E-state index contributed by atoms with van der Waals surface area (Å²) in [5.74, 6) is 1.75. The van der Waals surface area contributed by atoms with Gasteiger partial charge in [0.05, 0.1) is 30.3 Å². The molecule has 2 fully saturated rings. The minimum atomic E-state index is -0.162. The molecule has 4 rings (SSSR count). The predicted octanol–water partition coefficient (Wildman–Crippen LogP) is 4.13. The summed E-state index contributed by atoms with van der Waals surface area (Å²) in [6, 6.07) is 9.82. The van der Waals surface area contributed by atoms with Crippen LogP contribution in [0.2, 0.25) is 0 Å². The van der Waals surface area contributed by atoms with Crippen LogP contribution in [0.15, 0.2) is 36.8 Å². The number of carbonyl (C=O) groups excluding carboxylic acids is 1. The first kappa shape index (κ1) is 23.3. The molecule has 2 aromatic rings. The van der Waals surface area contributed by atoms with Crippen LogP contribution in [0.1, 0.15) is 49.9 Å². The zero-order valence-corrected chi connectivity index (χ0v) is 19.8. The summed E-state index contributed by atoms with van der Waals surface area (Å²) in [7, 11) is 0. The molecule has 1 saturated carbocycles. The molecule has 0 N–H and O–H groups in total. The van der Waals surface area contributed by atoms with Gasteiger partial charge < -0.3 is 14.2 Å². The molecule has 33 heavy (non-hydrogen) atoms. The van der Waals surface area contributed by atoms with E-state index in [0.717, 1.165) is 37.4 Å². The van der Waals surface area contributed by atoms with Crippen LogP contribution < -0.4 is 0 Å². The van der Waals surface area contributed by atoms with E-state index in [-0.39, 0.29) is 6.09 Å². The van der Waals surface area contributed by atoms with E-state index < -0.39 is 0 Å². The molecule has 2 heterocycles. The Bertz CT molecular complexity index is 946. The van der Waals surface area contributed by atoms with Crippen LogP contribution in [0, 0.1) is 29.1 Å². The zero-order chi connectivity index (χ0) is 23.2. The van der Waals surface area contributed by atoms with Crippen molar-refractivity contribution in [3.63, 3.8) is 0 Å². The van der Waals surface area contributed by atoms with Crippen LogP contribution in [0.4, 0.5) is 4.79 Å². The van der Waals surface area contributed by atoms with Gasteiger partial charge in [0.15, 0.2) is 0 Å². The lowest BCUT2D eigenvalue weighted by Gasteiger charge is -2.36. The standard InChI is InChI=1S/C26H35N5O2/c1-20-4-3-5-21(2)25(20)18-33-26(32)30-12-10-29(11-13-30)17-24-15-28-19-31(24)16-23-8-6-22(14-27)7-9-23/h6-9,15,19-21,25H,3-5,10-13,16-18H2,1-2H3. The Kier molecular flexibility index (Phi) is 7.66. The normalized spacial score (nSPS) is 23.8.